The van der Waals surface area contributed by atoms with Crippen molar-refractivity contribution < 1.29 is 4.52 Å². The van der Waals surface area contributed by atoms with Crippen molar-refractivity contribution in [1.82, 2.24) is 15.1 Å². The van der Waals surface area contributed by atoms with E-state index in [1.54, 1.807) is 6.33 Å². The molecule has 2 heterocycles. The van der Waals surface area contributed by atoms with E-state index in [1.807, 2.05) is 44.2 Å². The molecule has 0 aliphatic heterocycles. The summed E-state index contributed by atoms with van der Waals surface area (Å²) in [6.07, 6.45) is 1.54. The molecule has 3 aromatic rings. The lowest BCUT2D eigenvalue weighted by molar-refractivity contribution is 0.390. The van der Waals surface area contributed by atoms with Crippen molar-refractivity contribution >= 4 is 17.4 Å². The molecule has 1 N–H and O–H groups in total. The van der Waals surface area contributed by atoms with Crippen LogP contribution >= 0.6 is 11.6 Å². The summed E-state index contributed by atoms with van der Waals surface area (Å²) in [5.74, 6) is 1.51. The summed E-state index contributed by atoms with van der Waals surface area (Å²) >= 11 is 6.16. The minimum Gasteiger partial charge on any atom is -0.362 e. The number of nitrogens with one attached hydrogen (secondary N) is 1. The summed E-state index contributed by atoms with van der Waals surface area (Å²) in [4.78, 5) is 8.37. The van der Waals surface area contributed by atoms with Crippen molar-refractivity contribution in [1.29, 1.82) is 0 Å². The van der Waals surface area contributed by atoms with Crippen molar-refractivity contribution in [2.24, 2.45) is 0 Å². The monoisotopic (exact) mass is 314 g/mol. The first kappa shape index (κ1) is 14.5. The summed E-state index contributed by atoms with van der Waals surface area (Å²) in [5.41, 5.74) is 3.55. The Morgan fingerprint density at radius 3 is 2.82 bits per heavy atom. The predicted molar refractivity (Wildman–Crippen MR) is 85.8 cm³/mol. The van der Waals surface area contributed by atoms with E-state index in [4.69, 9.17) is 16.1 Å². The van der Waals surface area contributed by atoms with Crippen LogP contribution in [0.5, 0.6) is 0 Å². The maximum absolute atomic E-state index is 6.16. The van der Waals surface area contributed by atoms with E-state index in [2.05, 4.69) is 20.4 Å². The molecule has 0 saturated carbocycles. The fourth-order valence-corrected chi connectivity index (χ4v) is 2.31. The van der Waals surface area contributed by atoms with Crippen LogP contribution in [0.25, 0.3) is 11.3 Å². The third kappa shape index (κ3) is 2.94. The van der Waals surface area contributed by atoms with Crippen molar-refractivity contribution in [3.05, 3.63) is 58.7 Å². The minimum atomic E-state index is 0.495. The van der Waals surface area contributed by atoms with Crippen molar-refractivity contribution in [3.63, 3.8) is 0 Å². The highest BCUT2D eigenvalue weighted by molar-refractivity contribution is 6.33. The fraction of sp³-hybridized carbons (Fsp3) is 0.188. The smallest absolute Gasteiger partial charge is 0.156 e. The Bertz CT molecular complexity index is 800. The Hall–Kier alpha value is -2.40. The quantitative estimate of drug-likeness (QED) is 0.788. The van der Waals surface area contributed by atoms with Gasteiger partial charge in [0.1, 0.15) is 17.8 Å². The molecule has 0 unspecified atom stereocenters. The van der Waals surface area contributed by atoms with Crippen molar-refractivity contribution in [3.8, 4) is 11.3 Å². The van der Waals surface area contributed by atoms with E-state index >= 15 is 0 Å². The van der Waals surface area contributed by atoms with Crippen LogP contribution in [0.4, 0.5) is 5.82 Å². The van der Waals surface area contributed by atoms with Crippen LogP contribution in [0, 0.1) is 13.8 Å². The normalized spacial score (nSPS) is 10.7. The molecule has 0 radical (unpaired) electrons. The van der Waals surface area contributed by atoms with Gasteiger partial charge in [0, 0.05) is 22.9 Å². The summed E-state index contributed by atoms with van der Waals surface area (Å²) < 4.78 is 5.35. The number of hydrogen-bond donors (Lipinski definition) is 1. The van der Waals surface area contributed by atoms with Crippen LogP contribution in [0.1, 0.15) is 17.0 Å². The Kier molecular flexibility index (Phi) is 4.06. The number of aromatic nitrogens is 3. The zero-order chi connectivity index (χ0) is 15.5. The molecule has 0 atom stereocenters. The SMILES string of the molecule is Cc1ncnc(NCc2cc(-c3ccccc3Cl)no2)c1C. The second kappa shape index (κ2) is 6.15. The van der Waals surface area contributed by atoms with Gasteiger partial charge in [0.05, 0.1) is 11.6 Å². The Balaban J connectivity index is 1.75. The van der Waals surface area contributed by atoms with E-state index in [9.17, 15) is 0 Å². The first-order valence-electron chi connectivity index (χ1n) is 6.87. The maximum atomic E-state index is 6.16. The molecule has 6 heteroatoms. The number of aryl methyl sites for hydroxylation is 1. The molecule has 0 bridgehead atoms. The molecule has 3 rings (SSSR count). The first-order chi connectivity index (χ1) is 10.6. The number of anilines is 1. The average molecular weight is 315 g/mol. The number of rotatable bonds is 4. The number of benzene rings is 1. The molecule has 0 amide bonds. The van der Waals surface area contributed by atoms with Gasteiger partial charge in [0.2, 0.25) is 0 Å². The molecule has 1 aromatic carbocycles. The van der Waals surface area contributed by atoms with E-state index in [0.29, 0.717) is 17.3 Å². The molecular formula is C16H15ClN4O. The van der Waals surface area contributed by atoms with Crippen LogP contribution in [-0.2, 0) is 6.54 Å². The average Bonchev–Trinajstić information content (AvgIpc) is 2.98. The highest BCUT2D eigenvalue weighted by atomic mass is 35.5. The second-order valence-electron chi connectivity index (χ2n) is 4.94. The van der Waals surface area contributed by atoms with Crippen molar-refractivity contribution in [2.45, 2.75) is 20.4 Å². The predicted octanol–water partition coefficient (Wildman–Crippen LogP) is 4.01. The Morgan fingerprint density at radius 1 is 1.18 bits per heavy atom. The van der Waals surface area contributed by atoms with E-state index in [-0.39, 0.29) is 0 Å². The van der Waals surface area contributed by atoms with Crippen LogP contribution in [-0.4, -0.2) is 15.1 Å². The maximum Gasteiger partial charge on any atom is 0.156 e. The summed E-state index contributed by atoms with van der Waals surface area (Å²) in [7, 11) is 0. The molecule has 0 aliphatic carbocycles. The van der Waals surface area contributed by atoms with Gasteiger partial charge in [-0.3, -0.25) is 0 Å². The van der Waals surface area contributed by atoms with Crippen molar-refractivity contribution in [2.75, 3.05) is 5.32 Å². The zero-order valence-corrected chi connectivity index (χ0v) is 13.1. The first-order valence-corrected chi connectivity index (χ1v) is 7.25. The molecule has 2 aromatic heterocycles. The highest BCUT2D eigenvalue weighted by Crippen LogP contribution is 2.27. The second-order valence-corrected chi connectivity index (χ2v) is 5.35. The Morgan fingerprint density at radius 2 is 2.00 bits per heavy atom. The Labute approximate surface area is 133 Å². The van der Waals surface area contributed by atoms with Gasteiger partial charge in [0.25, 0.3) is 0 Å². The van der Waals surface area contributed by atoms with Gasteiger partial charge in [-0.2, -0.15) is 0 Å². The standard InChI is InChI=1S/C16H15ClN4O/c1-10-11(2)19-9-20-16(10)18-8-12-7-15(21-22-12)13-5-3-4-6-14(13)17/h3-7,9H,8H2,1-2H3,(H,18,19,20). The molecule has 22 heavy (non-hydrogen) atoms. The van der Waals surface area contributed by atoms with Crippen LogP contribution in [0.15, 0.2) is 41.2 Å². The zero-order valence-electron chi connectivity index (χ0n) is 12.3. The van der Waals surface area contributed by atoms with Gasteiger partial charge >= 0.3 is 0 Å². The summed E-state index contributed by atoms with van der Waals surface area (Å²) in [6, 6.07) is 9.42. The number of hydrogen-bond acceptors (Lipinski definition) is 5. The topological polar surface area (TPSA) is 63.8 Å². The third-order valence-electron chi connectivity index (χ3n) is 3.47. The molecule has 112 valence electrons. The summed E-state index contributed by atoms with van der Waals surface area (Å²) in [5, 5.41) is 7.95. The molecule has 0 spiro atoms. The van der Waals surface area contributed by atoms with Gasteiger partial charge < -0.3 is 9.84 Å². The van der Waals surface area contributed by atoms with Gasteiger partial charge in [-0.25, -0.2) is 9.97 Å². The lowest BCUT2D eigenvalue weighted by Crippen LogP contribution is -2.04. The van der Waals surface area contributed by atoms with Crippen LogP contribution < -0.4 is 5.32 Å². The molecule has 0 saturated heterocycles. The van der Waals surface area contributed by atoms with Crippen LogP contribution in [0.2, 0.25) is 5.02 Å². The van der Waals surface area contributed by atoms with E-state index in [0.717, 1.165) is 28.3 Å². The fourth-order valence-electron chi connectivity index (χ4n) is 2.08. The van der Waals surface area contributed by atoms with Gasteiger partial charge in [-0.15, -0.1) is 0 Å². The highest BCUT2D eigenvalue weighted by Gasteiger charge is 2.10. The molecule has 5 nitrogen and oxygen atoms in total. The van der Waals surface area contributed by atoms with Gasteiger partial charge in [-0.1, -0.05) is 35.0 Å². The molecule has 0 fully saturated rings. The lowest BCUT2D eigenvalue weighted by atomic mass is 10.1. The van der Waals surface area contributed by atoms with Gasteiger partial charge in [-0.05, 0) is 19.9 Å². The number of nitrogens with zero attached hydrogens (tertiary/aromatic N) is 3. The molecule has 0 aliphatic rings. The lowest BCUT2D eigenvalue weighted by Gasteiger charge is -2.07. The minimum absolute atomic E-state index is 0.495. The van der Waals surface area contributed by atoms with Crippen LogP contribution in [0.3, 0.4) is 0 Å². The largest absolute Gasteiger partial charge is 0.362 e. The molecular weight excluding hydrogens is 300 g/mol. The van der Waals surface area contributed by atoms with E-state index in [1.165, 1.54) is 0 Å². The van der Waals surface area contributed by atoms with Gasteiger partial charge in [0.15, 0.2) is 5.76 Å². The van der Waals surface area contributed by atoms with E-state index < -0.39 is 0 Å². The summed E-state index contributed by atoms with van der Waals surface area (Å²) in [6.45, 7) is 4.42. The third-order valence-corrected chi connectivity index (χ3v) is 3.80. The number of halogens is 1.